The fourth-order valence-electron chi connectivity index (χ4n) is 3.44. The van der Waals surface area contributed by atoms with Gasteiger partial charge in [-0.2, -0.15) is 13.9 Å². The van der Waals surface area contributed by atoms with Gasteiger partial charge in [-0.15, -0.1) is 0 Å². The summed E-state index contributed by atoms with van der Waals surface area (Å²) in [6, 6.07) is 12.3. The molecule has 37 heavy (non-hydrogen) atoms. The Labute approximate surface area is 230 Å². The van der Waals surface area contributed by atoms with Crippen LogP contribution in [0.4, 0.5) is 13.6 Å². The van der Waals surface area contributed by atoms with Crippen molar-refractivity contribution in [3.05, 3.63) is 68.1 Å². The lowest BCUT2D eigenvalue weighted by Gasteiger charge is -2.11. The van der Waals surface area contributed by atoms with Gasteiger partial charge < -0.3 is 9.47 Å². The Morgan fingerprint density at radius 1 is 1.16 bits per heavy atom. The number of thioether (sulfide) groups is 1. The van der Waals surface area contributed by atoms with Crippen LogP contribution in [0.2, 0.25) is 0 Å². The van der Waals surface area contributed by atoms with Crippen LogP contribution in [0.1, 0.15) is 12.5 Å². The summed E-state index contributed by atoms with van der Waals surface area (Å²) in [4.78, 5) is 38.1. The number of carbonyl (C=O) groups excluding carboxylic acids is 3. The number of aromatic nitrogens is 2. The van der Waals surface area contributed by atoms with E-state index in [4.69, 9.17) is 4.74 Å². The molecule has 2 heterocycles. The Kier molecular flexibility index (Phi) is 8.45. The van der Waals surface area contributed by atoms with Crippen molar-refractivity contribution in [3.8, 4) is 22.7 Å². The zero-order chi connectivity index (χ0) is 26.7. The predicted molar refractivity (Wildman–Crippen MR) is 140 cm³/mol. The number of imide groups is 1. The number of halogens is 4. The molecule has 1 aromatic heterocycles. The van der Waals surface area contributed by atoms with Crippen molar-refractivity contribution in [2.24, 2.45) is 0 Å². The van der Waals surface area contributed by atoms with E-state index in [1.807, 2.05) is 30.3 Å². The lowest BCUT2D eigenvalue weighted by atomic mass is 10.1. The summed E-state index contributed by atoms with van der Waals surface area (Å²) in [7, 11) is 0. The van der Waals surface area contributed by atoms with Gasteiger partial charge in [0.1, 0.15) is 12.2 Å². The quantitative estimate of drug-likeness (QED) is 0.209. The average Bonchev–Trinajstić information content (AvgIpc) is 3.38. The van der Waals surface area contributed by atoms with E-state index < -0.39 is 30.3 Å². The molecular weight excluding hydrogens is 640 g/mol. The molecule has 13 heteroatoms. The minimum absolute atomic E-state index is 0.0807. The third-order valence-corrected chi connectivity index (χ3v) is 7.08. The van der Waals surface area contributed by atoms with Crippen LogP contribution in [-0.2, 0) is 14.3 Å². The lowest BCUT2D eigenvalue weighted by Crippen LogP contribution is -2.34. The van der Waals surface area contributed by atoms with Gasteiger partial charge in [-0.3, -0.25) is 19.3 Å². The minimum Gasteiger partial charge on any atom is -0.465 e. The summed E-state index contributed by atoms with van der Waals surface area (Å²) >= 11 is 7.21. The van der Waals surface area contributed by atoms with Gasteiger partial charge in [0.05, 0.1) is 26.1 Å². The fourth-order valence-corrected chi connectivity index (χ4v) is 5.64. The second-order valence-corrected chi connectivity index (χ2v) is 10.1. The molecule has 0 spiro atoms. The van der Waals surface area contributed by atoms with E-state index >= 15 is 0 Å². The second-order valence-electron chi connectivity index (χ2n) is 7.43. The molecule has 2 amide bonds. The number of hydrogen-bond acceptors (Lipinski definition) is 7. The van der Waals surface area contributed by atoms with Crippen molar-refractivity contribution in [2.75, 3.05) is 13.2 Å². The standard InChI is InChI=1S/C24H17Br2F2N3O5S/c1-2-35-19(32)12-30-22(33)18(37-24(30)34)10-14-11-31(15-6-4-3-5-7-15)29-20(14)13-8-16(25)21(17(26)9-13)36-23(27)28/h3-11,23H,2,12H2,1H3/b18-10-. The second kappa shape index (κ2) is 11.6. The average molecular weight is 657 g/mol. The van der Waals surface area contributed by atoms with Crippen molar-refractivity contribution in [1.29, 1.82) is 0 Å². The molecule has 2 aromatic carbocycles. The maximum Gasteiger partial charge on any atom is 0.387 e. The number of carbonyl (C=O) groups is 3. The number of benzene rings is 2. The molecule has 0 atom stereocenters. The summed E-state index contributed by atoms with van der Waals surface area (Å²) in [5.74, 6) is -1.41. The monoisotopic (exact) mass is 655 g/mol. The van der Waals surface area contributed by atoms with Gasteiger partial charge in [0.25, 0.3) is 11.1 Å². The van der Waals surface area contributed by atoms with Crippen molar-refractivity contribution in [3.63, 3.8) is 0 Å². The predicted octanol–water partition coefficient (Wildman–Crippen LogP) is 6.27. The van der Waals surface area contributed by atoms with Gasteiger partial charge in [-0.1, -0.05) is 18.2 Å². The van der Waals surface area contributed by atoms with Gasteiger partial charge in [-0.05, 0) is 80.9 Å². The maximum atomic E-state index is 12.9. The van der Waals surface area contributed by atoms with E-state index in [1.165, 1.54) is 6.08 Å². The topological polar surface area (TPSA) is 90.7 Å². The van der Waals surface area contributed by atoms with Gasteiger partial charge in [0.2, 0.25) is 0 Å². The van der Waals surface area contributed by atoms with Crippen molar-refractivity contribution < 1.29 is 32.6 Å². The van der Waals surface area contributed by atoms with Gasteiger partial charge >= 0.3 is 12.6 Å². The molecule has 1 fully saturated rings. The molecule has 0 aliphatic carbocycles. The van der Waals surface area contributed by atoms with Crippen LogP contribution in [0.15, 0.2) is 62.5 Å². The molecule has 0 radical (unpaired) electrons. The Morgan fingerprint density at radius 2 is 1.84 bits per heavy atom. The van der Waals surface area contributed by atoms with E-state index in [0.717, 1.165) is 10.6 Å². The highest BCUT2D eigenvalue weighted by Crippen LogP contribution is 2.40. The Bertz CT molecular complexity index is 1380. The van der Waals surface area contributed by atoms with Crippen molar-refractivity contribution in [2.45, 2.75) is 13.5 Å². The zero-order valence-corrected chi connectivity index (χ0v) is 23.0. The highest BCUT2D eigenvalue weighted by molar-refractivity contribution is 9.11. The van der Waals surface area contributed by atoms with Gasteiger partial charge in [0, 0.05) is 17.3 Å². The first-order valence-corrected chi connectivity index (χ1v) is 13.1. The Balaban J connectivity index is 1.77. The lowest BCUT2D eigenvalue weighted by molar-refractivity contribution is -0.145. The first-order valence-electron chi connectivity index (χ1n) is 10.7. The van der Waals surface area contributed by atoms with E-state index in [2.05, 4.69) is 41.7 Å². The number of esters is 1. The molecule has 0 bridgehead atoms. The Morgan fingerprint density at radius 3 is 2.46 bits per heavy atom. The van der Waals surface area contributed by atoms with Crippen molar-refractivity contribution in [1.82, 2.24) is 14.7 Å². The third kappa shape index (κ3) is 6.11. The summed E-state index contributed by atoms with van der Waals surface area (Å²) in [5.41, 5.74) is 2.14. The Hall–Kier alpha value is -3.03. The zero-order valence-electron chi connectivity index (χ0n) is 19.0. The summed E-state index contributed by atoms with van der Waals surface area (Å²) in [6.45, 7) is -1.76. The third-order valence-electron chi connectivity index (χ3n) is 4.99. The van der Waals surface area contributed by atoms with E-state index in [1.54, 1.807) is 29.9 Å². The molecule has 8 nitrogen and oxygen atoms in total. The van der Waals surface area contributed by atoms with Crippen LogP contribution < -0.4 is 4.74 Å². The highest BCUT2D eigenvalue weighted by atomic mass is 79.9. The van der Waals surface area contributed by atoms with Gasteiger partial charge in [0.15, 0.2) is 5.75 Å². The normalized spacial score (nSPS) is 14.6. The first kappa shape index (κ1) is 27.0. The summed E-state index contributed by atoms with van der Waals surface area (Å²) in [6.07, 6.45) is 3.18. The summed E-state index contributed by atoms with van der Waals surface area (Å²) in [5, 5.41) is 4.05. The number of nitrogens with zero attached hydrogens (tertiary/aromatic N) is 3. The van der Waals surface area contributed by atoms with Crippen LogP contribution in [0.5, 0.6) is 5.75 Å². The molecule has 0 N–H and O–H groups in total. The van der Waals surface area contributed by atoms with Crippen LogP contribution >= 0.6 is 43.6 Å². The molecule has 1 aliphatic rings. The molecule has 1 saturated heterocycles. The molecular formula is C24H17Br2F2N3O5S. The summed E-state index contributed by atoms with van der Waals surface area (Å²) < 4.78 is 37.2. The molecule has 0 saturated carbocycles. The molecule has 4 rings (SSSR count). The molecule has 1 aliphatic heterocycles. The fraction of sp³-hybridized carbons (Fsp3) is 0.167. The van der Waals surface area contributed by atoms with Crippen LogP contribution in [0, 0.1) is 0 Å². The first-order chi connectivity index (χ1) is 17.7. The number of rotatable bonds is 8. The van der Waals surface area contributed by atoms with Crippen molar-refractivity contribution >= 4 is 66.8 Å². The highest BCUT2D eigenvalue weighted by Gasteiger charge is 2.37. The molecule has 192 valence electrons. The van der Waals surface area contributed by atoms with E-state index in [0.29, 0.717) is 28.6 Å². The molecule has 0 unspecified atom stereocenters. The number of para-hydroxylation sites is 1. The van der Waals surface area contributed by atoms with Crippen LogP contribution in [0.3, 0.4) is 0 Å². The smallest absolute Gasteiger partial charge is 0.387 e. The van der Waals surface area contributed by atoms with E-state index in [9.17, 15) is 23.2 Å². The van der Waals surface area contributed by atoms with E-state index in [-0.39, 0.29) is 26.2 Å². The van der Waals surface area contributed by atoms with Crippen LogP contribution in [-0.4, -0.2) is 51.6 Å². The number of ether oxygens (including phenoxy) is 2. The number of amides is 2. The number of hydrogen-bond donors (Lipinski definition) is 0. The van der Waals surface area contributed by atoms with Gasteiger partial charge in [-0.25, -0.2) is 4.68 Å². The maximum absolute atomic E-state index is 12.9. The molecule has 3 aromatic rings. The van der Waals surface area contributed by atoms with Crippen LogP contribution in [0.25, 0.3) is 23.0 Å². The largest absolute Gasteiger partial charge is 0.465 e. The SMILES string of the molecule is CCOC(=O)CN1C(=O)S/C(=C\c2cn(-c3ccccc3)nc2-c2cc(Br)c(OC(F)F)c(Br)c2)C1=O. The minimum atomic E-state index is -3.02. The number of alkyl halides is 2.